The van der Waals surface area contributed by atoms with Crippen LogP contribution in [0.3, 0.4) is 0 Å². The van der Waals surface area contributed by atoms with Gasteiger partial charge in [0, 0.05) is 29.9 Å². The minimum atomic E-state index is -0.161. The lowest BCUT2D eigenvalue weighted by molar-refractivity contribution is 0.239. The van der Waals surface area contributed by atoms with Gasteiger partial charge in [0.2, 0.25) is 0 Å². The molecule has 0 radical (unpaired) electrons. The van der Waals surface area contributed by atoms with Crippen molar-refractivity contribution < 1.29 is 4.79 Å². The molecular weight excluding hydrogens is 326 g/mol. The monoisotopic (exact) mass is 345 g/mol. The van der Waals surface area contributed by atoms with Crippen LogP contribution < -0.4 is 10.6 Å². The number of hydrogen-bond acceptors (Lipinski definition) is 3. The van der Waals surface area contributed by atoms with Crippen molar-refractivity contribution in [1.29, 1.82) is 0 Å². The van der Waals surface area contributed by atoms with E-state index in [1.807, 2.05) is 12.1 Å². The van der Waals surface area contributed by atoms with E-state index in [1.165, 1.54) is 5.56 Å². The molecule has 2 N–H and O–H groups in total. The van der Waals surface area contributed by atoms with E-state index in [9.17, 15) is 4.79 Å². The summed E-state index contributed by atoms with van der Waals surface area (Å²) in [5.74, 6) is 1.85. The van der Waals surface area contributed by atoms with Gasteiger partial charge in [0.25, 0.3) is 0 Å². The molecule has 2 aliphatic rings. The summed E-state index contributed by atoms with van der Waals surface area (Å²) in [5.41, 5.74) is 1.31. The van der Waals surface area contributed by atoms with Crippen LogP contribution in [-0.4, -0.2) is 27.3 Å². The average molecular weight is 346 g/mol. The molecular formula is C17H20ClN5O. The molecule has 2 heterocycles. The molecule has 4 rings (SSSR count). The van der Waals surface area contributed by atoms with E-state index in [1.54, 1.807) is 0 Å². The molecule has 6 nitrogen and oxygen atoms in total. The van der Waals surface area contributed by atoms with E-state index >= 15 is 0 Å². The highest BCUT2D eigenvalue weighted by Gasteiger charge is 2.44. The number of fused-ring (bicyclic) bond motifs is 1. The third kappa shape index (κ3) is 2.98. The number of carbonyl (C=O) groups excluding carboxylic acids is 1. The zero-order chi connectivity index (χ0) is 16.6. The van der Waals surface area contributed by atoms with E-state index in [0.717, 1.165) is 48.9 Å². The molecule has 126 valence electrons. The number of carbonyl (C=O) groups is 1. The average Bonchev–Trinajstić information content (AvgIpc) is 3.05. The van der Waals surface area contributed by atoms with Crippen LogP contribution in [0.15, 0.2) is 24.3 Å². The highest BCUT2D eigenvalue weighted by Crippen LogP contribution is 2.47. The normalized spacial score (nSPS) is 17.4. The predicted octanol–water partition coefficient (Wildman–Crippen LogP) is 2.41. The zero-order valence-electron chi connectivity index (χ0n) is 13.4. The third-order valence-corrected chi connectivity index (χ3v) is 5.24. The van der Waals surface area contributed by atoms with Crippen molar-refractivity contribution in [2.75, 3.05) is 6.54 Å². The second-order valence-corrected chi connectivity index (χ2v) is 7.05. The van der Waals surface area contributed by atoms with Gasteiger partial charge in [-0.3, -0.25) is 0 Å². The molecule has 1 aromatic carbocycles. The van der Waals surface area contributed by atoms with Crippen molar-refractivity contribution in [2.24, 2.45) is 0 Å². The fourth-order valence-electron chi connectivity index (χ4n) is 3.33. The van der Waals surface area contributed by atoms with Crippen LogP contribution in [0.4, 0.5) is 4.79 Å². The number of rotatable bonds is 5. The zero-order valence-corrected chi connectivity index (χ0v) is 14.1. The summed E-state index contributed by atoms with van der Waals surface area (Å²) in [4.78, 5) is 12.1. The molecule has 2 amide bonds. The van der Waals surface area contributed by atoms with Crippen LogP contribution in [0, 0.1) is 0 Å². The summed E-state index contributed by atoms with van der Waals surface area (Å²) in [6.07, 6.45) is 4.26. The second kappa shape index (κ2) is 6.09. The summed E-state index contributed by atoms with van der Waals surface area (Å²) in [6.45, 7) is 1.99. The Morgan fingerprint density at radius 2 is 2.00 bits per heavy atom. The van der Waals surface area contributed by atoms with Gasteiger partial charge < -0.3 is 15.2 Å². The Hall–Kier alpha value is -2.08. The fraction of sp³-hybridized carbons (Fsp3) is 0.471. The van der Waals surface area contributed by atoms with Gasteiger partial charge in [0.1, 0.15) is 5.82 Å². The standard InChI is InChI=1S/C17H20ClN5O/c18-13-5-3-12(4-6-13)17(7-8-17)11-20-16(24)19-10-15-22-21-14-2-1-9-23(14)15/h3-6H,1-2,7-11H2,(H2,19,20,24). The maximum atomic E-state index is 12.1. The highest BCUT2D eigenvalue weighted by atomic mass is 35.5. The number of nitrogens with one attached hydrogen (secondary N) is 2. The number of amides is 2. The van der Waals surface area contributed by atoms with Crippen LogP contribution in [0.1, 0.15) is 36.5 Å². The van der Waals surface area contributed by atoms with Crippen molar-refractivity contribution in [1.82, 2.24) is 25.4 Å². The maximum absolute atomic E-state index is 12.1. The van der Waals surface area contributed by atoms with E-state index in [0.29, 0.717) is 13.1 Å². The van der Waals surface area contributed by atoms with E-state index in [4.69, 9.17) is 11.6 Å². The van der Waals surface area contributed by atoms with Gasteiger partial charge in [0.05, 0.1) is 6.54 Å². The molecule has 1 aliphatic heterocycles. The quantitative estimate of drug-likeness (QED) is 0.874. The second-order valence-electron chi connectivity index (χ2n) is 6.61. The third-order valence-electron chi connectivity index (χ3n) is 4.99. The van der Waals surface area contributed by atoms with Crippen LogP contribution in [0.5, 0.6) is 0 Å². The summed E-state index contributed by atoms with van der Waals surface area (Å²) in [6, 6.07) is 7.75. The molecule has 1 fully saturated rings. The molecule has 2 aromatic rings. The van der Waals surface area contributed by atoms with Gasteiger partial charge in [-0.2, -0.15) is 0 Å². The van der Waals surface area contributed by atoms with Crippen molar-refractivity contribution in [3.8, 4) is 0 Å². The lowest BCUT2D eigenvalue weighted by Crippen LogP contribution is -2.39. The molecule has 0 bridgehead atoms. The number of urea groups is 1. The molecule has 0 atom stereocenters. The predicted molar refractivity (Wildman–Crippen MR) is 90.9 cm³/mol. The summed E-state index contributed by atoms with van der Waals surface area (Å²) in [7, 11) is 0. The summed E-state index contributed by atoms with van der Waals surface area (Å²) in [5, 5.41) is 14.9. The van der Waals surface area contributed by atoms with Crippen LogP contribution in [-0.2, 0) is 24.9 Å². The molecule has 1 saturated carbocycles. The van der Waals surface area contributed by atoms with Gasteiger partial charge in [-0.25, -0.2) is 4.79 Å². The molecule has 1 aromatic heterocycles. The van der Waals surface area contributed by atoms with E-state index in [2.05, 4.69) is 37.5 Å². The Kier molecular flexibility index (Phi) is 3.92. The Balaban J connectivity index is 1.30. The number of benzene rings is 1. The minimum absolute atomic E-state index is 0.0675. The Bertz CT molecular complexity index is 751. The maximum Gasteiger partial charge on any atom is 0.315 e. The van der Waals surface area contributed by atoms with Crippen molar-refractivity contribution in [3.05, 3.63) is 46.5 Å². The first kappa shape index (κ1) is 15.4. The van der Waals surface area contributed by atoms with Crippen LogP contribution in [0.25, 0.3) is 0 Å². The van der Waals surface area contributed by atoms with Gasteiger partial charge in [0.15, 0.2) is 5.82 Å². The number of hydrogen-bond donors (Lipinski definition) is 2. The van der Waals surface area contributed by atoms with Gasteiger partial charge in [-0.15, -0.1) is 10.2 Å². The van der Waals surface area contributed by atoms with Gasteiger partial charge in [-0.1, -0.05) is 23.7 Å². The van der Waals surface area contributed by atoms with Gasteiger partial charge in [-0.05, 0) is 37.0 Å². The summed E-state index contributed by atoms with van der Waals surface area (Å²) >= 11 is 5.95. The lowest BCUT2D eigenvalue weighted by Gasteiger charge is -2.17. The molecule has 7 heteroatoms. The molecule has 1 aliphatic carbocycles. The first-order valence-corrected chi connectivity index (χ1v) is 8.73. The Morgan fingerprint density at radius 3 is 2.75 bits per heavy atom. The number of nitrogens with zero attached hydrogens (tertiary/aromatic N) is 3. The van der Waals surface area contributed by atoms with Crippen LogP contribution in [0.2, 0.25) is 5.02 Å². The van der Waals surface area contributed by atoms with E-state index in [-0.39, 0.29) is 11.4 Å². The highest BCUT2D eigenvalue weighted by molar-refractivity contribution is 6.30. The first-order chi connectivity index (χ1) is 11.7. The van der Waals surface area contributed by atoms with Gasteiger partial charge >= 0.3 is 6.03 Å². The Morgan fingerprint density at radius 1 is 1.21 bits per heavy atom. The van der Waals surface area contributed by atoms with Crippen molar-refractivity contribution in [3.63, 3.8) is 0 Å². The fourth-order valence-corrected chi connectivity index (χ4v) is 3.46. The topological polar surface area (TPSA) is 71.8 Å². The number of aryl methyl sites for hydroxylation is 1. The largest absolute Gasteiger partial charge is 0.337 e. The molecule has 24 heavy (non-hydrogen) atoms. The Labute approximate surface area is 145 Å². The lowest BCUT2D eigenvalue weighted by atomic mass is 9.96. The van der Waals surface area contributed by atoms with E-state index < -0.39 is 0 Å². The van der Waals surface area contributed by atoms with Crippen molar-refractivity contribution in [2.45, 2.75) is 44.2 Å². The summed E-state index contributed by atoms with van der Waals surface area (Å²) < 4.78 is 2.09. The van der Waals surface area contributed by atoms with Crippen molar-refractivity contribution >= 4 is 17.6 Å². The smallest absolute Gasteiger partial charge is 0.315 e. The minimum Gasteiger partial charge on any atom is -0.337 e. The molecule has 0 unspecified atom stereocenters. The molecule has 0 saturated heterocycles. The SMILES string of the molecule is O=C(NCc1nnc2n1CCC2)NCC1(c2ccc(Cl)cc2)CC1. The van der Waals surface area contributed by atoms with Crippen LogP contribution >= 0.6 is 11.6 Å². The number of aromatic nitrogens is 3. The molecule has 0 spiro atoms. The first-order valence-electron chi connectivity index (χ1n) is 8.35. The number of halogens is 1.